The van der Waals surface area contributed by atoms with Gasteiger partial charge in [-0.1, -0.05) is 25.1 Å². The van der Waals surface area contributed by atoms with E-state index in [9.17, 15) is 14.0 Å². The molecule has 0 unspecified atom stereocenters. The number of amides is 3. The number of hydrogen-bond donors (Lipinski definition) is 1. The molecule has 142 valence electrons. The molecule has 2 saturated heterocycles. The van der Waals surface area contributed by atoms with E-state index in [1.54, 1.807) is 28.0 Å². The van der Waals surface area contributed by atoms with Gasteiger partial charge in [0.15, 0.2) is 0 Å². The topological polar surface area (TPSA) is 55.9 Å². The zero-order chi connectivity index (χ0) is 18.5. The van der Waals surface area contributed by atoms with Crippen LogP contribution >= 0.6 is 0 Å². The highest BCUT2D eigenvalue weighted by Gasteiger charge is 2.28. The van der Waals surface area contributed by atoms with Crippen LogP contribution < -0.4 is 5.32 Å². The minimum absolute atomic E-state index is 0.0477. The van der Waals surface area contributed by atoms with E-state index in [1.165, 1.54) is 6.07 Å². The van der Waals surface area contributed by atoms with Crippen molar-refractivity contribution in [3.63, 3.8) is 0 Å². The lowest BCUT2D eigenvalue weighted by Gasteiger charge is -2.34. The number of nitrogens with zero attached hydrogens (tertiary/aromatic N) is 3. The van der Waals surface area contributed by atoms with Crippen molar-refractivity contribution in [1.29, 1.82) is 0 Å². The Morgan fingerprint density at radius 3 is 2.77 bits per heavy atom. The van der Waals surface area contributed by atoms with Crippen LogP contribution in [0.4, 0.5) is 9.18 Å². The van der Waals surface area contributed by atoms with Gasteiger partial charge in [0.2, 0.25) is 5.91 Å². The highest BCUT2D eigenvalue weighted by atomic mass is 19.1. The molecule has 0 spiro atoms. The molecule has 3 rings (SSSR count). The van der Waals surface area contributed by atoms with Crippen LogP contribution in [0, 0.1) is 11.7 Å². The first-order valence-electron chi connectivity index (χ1n) is 9.33. The van der Waals surface area contributed by atoms with E-state index in [1.807, 2.05) is 0 Å². The average Bonchev–Trinajstić information content (AvgIpc) is 3.11. The predicted molar refractivity (Wildman–Crippen MR) is 97.0 cm³/mol. The van der Waals surface area contributed by atoms with Crippen molar-refractivity contribution >= 4 is 11.9 Å². The number of likely N-dealkylation sites (tertiary alicyclic amines) is 1. The summed E-state index contributed by atoms with van der Waals surface area (Å²) < 4.78 is 13.8. The highest BCUT2D eigenvalue weighted by Crippen LogP contribution is 2.15. The first-order chi connectivity index (χ1) is 12.6. The number of carbonyl (C=O) groups is 2. The molecule has 3 amide bonds. The smallest absolute Gasteiger partial charge is 0.317 e. The van der Waals surface area contributed by atoms with Gasteiger partial charge >= 0.3 is 6.03 Å². The molecular formula is C19H27FN4O2. The largest absolute Gasteiger partial charge is 0.338 e. The number of rotatable bonds is 5. The first kappa shape index (κ1) is 18.6. The zero-order valence-electron chi connectivity index (χ0n) is 15.3. The van der Waals surface area contributed by atoms with Gasteiger partial charge in [0.05, 0.1) is 0 Å². The second-order valence-corrected chi connectivity index (χ2v) is 7.06. The van der Waals surface area contributed by atoms with Crippen LogP contribution in [0.2, 0.25) is 0 Å². The zero-order valence-corrected chi connectivity index (χ0v) is 15.3. The molecule has 1 atom stereocenters. The maximum Gasteiger partial charge on any atom is 0.317 e. The van der Waals surface area contributed by atoms with Gasteiger partial charge in [-0.25, -0.2) is 9.18 Å². The van der Waals surface area contributed by atoms with Crippen molar-refractivity contribution in [1.82, 2.24) is 20.0 Å². The molecule has 26 heavy (non-hydrogen) atoms. The molecule has 0 saturated carbocycles. The number of carbonyl (C=O) groups excluding carboxylic acids is 2. The average molecular weight is 362 g/mol. The first-order valence-corrected chi connectivity index (χ1v) is 9.33. The van der Waals surface area contributed by atoms with E-state index in [-0.39, 0.29) is 30.8 Å². The quantitative estimate of drug-likeness (QED) is 0.864. The molecule has 6 nitrogen and oxygen atoms in total. The molecule has 1 N–H and O–H groups in total. The molecule has 0 aliphatic carbocycles. The Hall–Kier alpha value is -2.15. The Bertz CT molecular complexity index is 654. The van der Waals surface area contributed by atoms with E-state index < -0.39 is 0 Å². The molecule has 1 aromatic rings. The summed E-state index contributed by atoms with van der Waals surface area (Å²) in [6, 6.07) is 6.29. The van der Waals surface area contributed by atoms with Crippen LogP contribution in [-0.4, -0.2) is 72.5 Å². The lowest BCUT2D eigenvalue weighted by atomic mass is 10.1. The van der Waals surface area contributed by atoms with Gasteiger partial charge in [-0.2, -0.15) is 0 Å². The number of hydrogen-bond acceptors (Lipinski definition) is 3. The minimum Gasteiger partial charge on any atom is -0.338 e. The standard InChI is InChI=1S/C19H27FN4O2/c1-2-22-8-7-15(12-22)11-21-19(26)24-10-9-23(18(25)14-24)13-16-5-3-4-6-17(16)20/h3-6,15H,2,7-14H2,1H3,(H,21,26)/t15-/m0/s1. The third-order valence-electron chi connectivity index (χ3n) is 5.28. The monoisotopic (exact) mass is 362 g/mol. The fourth-order valence-corrected chi connectivity index (χ4v) is 3.59. The Balaban J connectivity index is 1.45. The van der Waals surface area contributed by atoms with Gasteiger partial charge in [0, 0.05) is 38.3 Å². The van der Waals surface area contributed by atoms with E-state index in [4.69, 9.17) is 0 Å². The van der Waals surface area contributed by atoms with Crippen molar-refractivity contribution in [2.45, 2.75) is 19.9 Å². The maximum absolute atomic E-state index is 13.8. The van der Waals surface area contributed by atoms with Crippen molar-refractivity contribution in [3.8, 4) is 0 Å². The maximum atomic E-state index is 13.8. The van der Waals surface area contributed by atoms with Crippen LogP contribution in [0.5, 0.6) is 0 Å². The fraction of sp³-hybridized carbons (Fsp3) is 0.579. The van der Waals surface area contributed by atoms with Crippen LogP contribution in [-0.2, 0) is 11.3 Å². The van der Waals surface area contributed by atoms with Crippen molar-refractivity contribution in [3.05, 3.63) is 35.6 Å². The highest BCUT2D eigenvalue weighted by molar-refractivity contribution is 5.85. The number of halogens is 1. The Labute approximate surface area is 153 Å². The van der Waals surface area contributed by atoms with Crippen LogP contribution in [0.25, 0.3) is 0 Å². The van der Waals surface area contributed by atoms with Gasteiger partial charge in [0.25, 0.3) is 0 Å². The molecule has 0 aromatic heterocycles. The second-order valence-electron chi connectivity index (χ2n) is 7.06. The Kier molecular flexibility index (Phi) is 6.08. The van der Waals surface area contributed by atoms with Crippen molar-refractivity contribution in [2.24, 2.45) is 5.92 Å². The number of benzene rings is 1. The summed E-state index contributed by atoms with van der Waals surface area (Å²) in [6.45, 7) is 7.14. The van der Waals surface area contributed by atoms with Crippen LogP contribution in [0.15, 0.2) is 24.3 Å². The third-order valence-corrected chi connectivity index (χ3v) is 5.28. The normalized spacial score (nSPS) is 21.3. The summed E-state index contributed by atoms with van der Waals surface area (Å²) in [6.07, 6.45) is 1.10. The SMILES string of the molecule is CCN1CC[C@@H](CNC(=O)N2CCN(Cc3ccccc3F)C(=O)C2)C1. The van der Waals surface area contributed by atoms with Crippen LogP contribution in [0.1, 0.15) is 18.9 Å². The molecule has 2 heterocycles. The predicted octanol–water partition coefficient (Wildman–Crippen LogP) is 1.52. The van der Waals surface area contributed by atoms with E-state index in [0.29, 0.717) is 31.1 Å². The molecule has 1 aromatic carbocycles. The van der Waals surface area contributed by atoms with E-state index in [2.05, 4.69) is 17.1 Å². The molecule has 7 heteroatoms. The summed E-state index contributed by atoms with van der Waals surface area (Å²) in [5.74, 6) is 0.0304. The number of urea groups is 1. The number of nitrogens with one attached hydrogen (secondary N) is 1. The molecule has 2 aliphatic rings. The fourth-order valence-electron chi connectivity index (χ4n) is 3.59. The lowest BCUT2D eigenvalue weighted by molar-refractivity contribution is -0.135. The van der Waals surface area contributed by atoms with Crippen molar-refractivity contribution in [2.75, 3.05) is 45.8 Å². The summed E-state index contributed by atoms with van der Waals surface area (Å²) in [7, 11) is 0. The van der Waals surface area contributed by atoms with Gasteiger partial charge < -0.3 is 20.0 Å². The molecule has 0 radical (unpaired) electrons. The summed E-state index contributed by atoms with van der Waals surface area (Å²) in [5.41, 5.74) is 0.500. The second kappa shape index (κ2) is 8.49. The molecule has 0 bridgehead atoms. The third kappa shape index (κ3) is 4.52. The van der Waals surface area contributed by atoms with Gasteiger partial charge in [-0.15, -0.1) is 0 Å². The molecule has 2 fully saturated rings. The molecular weight excluding hydrogens is 335 g/mol. The Morgan fingerprint density at radius 2 is 2.08 bits per heavy atom. The Morgan fingerprint density at radius 1 is 1.27 bits per heavy atom. The summed E-state index contributed by atoms with van der Waals surface area (Å²) in [4.78, 5) is 30.2. The number of piperazine rings is 1. The van der Waals surface area contributed by atoms with Crippen molar-refractivity contribution < 1.29 is 14.0 Å². The van der Waals surface area contributed by atoms with Gasteiger partial charge in [0.1, 0.15) is 12.4 Å². The molecule has 2 aliphatic heterocycles. The summed E-state index contributed by atoms with van der Waals surface area (Å²) in [5, 5.41) is 2.96. The summed E-state index contributed by atoms with van der Waals surface area (Å²) >= 11 is 0. The van der Waals surface area contributed by atoms with E-state index in [0.717, 1.165) is 26.1 Å². The van der Waals surface area contributed by atoms with E-state index >= 15 is 0 Å². The van der Waals surface area contributed by atoms with Crippen LogP contribution in [0.3, 0.4) is 0 Å². The minimum atomic E-state index is -0.307. The van der Waals surface area contributed by atoms with Gasteiger partial charge in [-0.3, -0.25) is 4.79 Å². The van der Waals surface area contributed by atoms with Gasteiger partial charge in [-0.05, 0) is 31.5 Å². The lowest BCUT2D eigenvalue weighted by Crippen LogP contribution is -2.54.